The van der Waals surface area contributed by atoms with Crippen LogP contribution in [0.2, 0.25) is 0 Å². The minimum Gasteiger partial charge on any atom is -0.349 e. The van der Waals surface area contributed by atoms with Gasteiger partial charge in [-0.2, -0.15) is 0 Å². The van der Waals surface area contributed by atoms with Crippen molar-refractivity contribution >= 4 is 21.6 Å². The highest BCUT2D eigenvalue weighted by Gasteiger charge is 2.53. The zero-order valence-electron chi connectivity index (χ0n) is 17.5. The molecule has 1 aromatic carbocycles. The number of rotatable bonds is 4. The molecule has 4 fully saturated rings. The molecular weight excluding hydrogens is 384 g/mol. The summed E-state index contributed by atoms with van der Waals surface area (Å²) in [6.07, 6.45) is 10.9. The lowest BCUT2D eigenvalue weighted by molar-refractivity contribution is -0.0688. The van der Waals surface area contributed by atoms with E-state index in [0.717, 1.165) is 41.8 Å². The Morgan fingerprint density at radius 3 is 2.34 bits per heavy atom. The molecule has 0 aromatic heterocycles. The molecule has 4 bridgehead atoms. The number of carbonyl (C=O) groups is 1. The fraction of sp³-hybridized carbons (Fsp3) is 0.696. The second-order valence-corrected chi connectivity index (χ2v) is 12.2. The van der Waals surface area contributed by atoms with Gasteiger partial charge in [-0.05, 0) is 105 Å². The normalized spacial score (nSPS) is 34.0. The molecule has 6 heteroatoms. The van der Waals surface area contributed by atoms with E-state index >= 15 is 0 Å². The van der Waals surface area contributed by atoms with Crippen LogP contribution in [0.3, 0.4) is 0 Å². The maximum Gasteiger partial charge on any atom is 0.251 e. The number of aryl methyl sites for hydroxylation is 1. The maximum absolute atomic E-state index is 13.1. The van der Waals surface area contributed by atoms with Crippen LogP contribution < -0.4 is 9.62 Å². The van der Waals surface area contributed by atoms with E-state index in [9.17, 15) is 13.2 Å². The summed E-state index contributed by atoms with van der Waals surface area (Å²) < 4.78 is 25.6. The van der Waals surface area contributed by atoms with E-state index in [1.165, 1.54) is 49.1 Å². The molecule has 1 atom stereocenters. The van der Waals surface area contributed by atoms with Crippen LogP contribution in [0.15, 0.2) is 18.2 Å². The number of sulfonamides is 1. The van der Waals surface area contributed by atoms with Crippen molar-refractivity contribution < 1.29 is 13.2 Å². The van der Waals surface area contributed by atoms with Gasteiger partial charge in [0.2, 0.25) is 10.0 Å². The SMILES string of the molecule is CC(NC(=O)c1ccc2c(c1)CCCN2S(C)(=O)=O)C12CC3CC(CC(C3)C1)C2. The summed E-state index contributed by atoms with van der Waals surface area (Å²) in [4.78, 5) is 13.1. The van der Waals surface area contributed by atoms with E-state index in [1.54, 1.807) is 12.1 Å². The first kappa shape index (κ1) is 19.4. The molecule has 0 spiro atoms. The molecule has 29 heavy (non-hydrogen) atoms. The van der Waals surface area contributed by atoms with Gasteiger partial charge in [-0.1, -0.05) is 0 Å². The minimum absolute atomic E-state index is 0.0208. The van der Waals surface area contributed by atoms with Crippen LogP contribution in [0, 0.1) is 23.2 Å². The maximum atomic E-state index is 13.1. The second-order valence-electron chi connectivity index (χ2n) is 10.3. The average molecular weight is 417 g/mol. The Morgan fingerprint density at radius 2 is 1.76 bits per heavy atom. The summed E-state index contributed by atoms with van der Waals surface area (Å²) in [5.41, 5.74) is 2.61. The summed E-state index contributed by atoms with van der Waals surface area (Å²) in [5, 5.41) is 3.33. The third-order valence-electron chi connectivity index (χ3n) is 8.17. The number of nitrogens with zero attached hydrogens (tertiary/aromatic N) is 1. The molecule has 5 nitrogen and oxygen atoms in total. The zero-order valence-corrected chi connectivity index (χ0v) is 18.3. The molecule has 4 aliphatic carbocycles. The van der Waals surface area contributed by atoms with Crippen molar-refractivity contribution in [2.24, 2.45) is 23.2 Å². The highest BCUT2D eigenvalue weighted by atomic mass is 32.2. The number of carbonyl (C=O) groups excluding carboxylic acids is 1. The molecule has 1 aromatic rings. The van der Waals surface area contributed by atoms with Gasteiger partial charge in [0.15, 0.2) is 0 Å². The molecule has 0 radical (unpaired) electrons. The van der Waals surface area contributed by atoms with E-state index in [4.69, 9.17) is 0 Å². The Labute approximate surface area is 174 Å². The minimum atomic E-state index is -3.28. The van der Waals surface area contributed by atoms with Crippen LogP contribution in [-0.4, -0.2) is 33.2 Å². The summed E-state index contributed by atoms with van der Waals surface area (Å²) in [6, 6.07) is 5.67. The Hall–Kier alpha value is -1.56. The Bertz CT molecular complexity index is 904. The fourth-order valence-electron chi connectivity index (χ4n) is 7.19. The van der Waals surface area contributed by atoms with E-state index < -0.39 is 10.0 Å². The number of hydrogen-bond acceptors (Lipinski definition) is 3. The first-order valence-electron chi connectivity index (χ1n) is 11.1. The zero-order chi connectivity index (χ0) is 20.4. The molecule has 158 valence electrons. The molecule has 5 aliphatic rings. The van der Waals surface area contributed by atoms with Gasteiger partial charge in [-0.3, -0.25) is 9.10 Å². The van der Waals surface area contributed by atoms with Gasteiger partial charge in [-0.15, -0.1) is 0 Å². The molecular formula is C23H32N2O3S. The lowest BCUT2D eigenvalue weighted by atomic mass is 9.48. The van der Waals surface area contributed by atoms with Crippen LogP contribution in [-0.2, 0) is 16.4 Å². The van der Waals surface area contributed by atoms with Gasteiger partial charge < -0.3 is 5.32 Å². The highest BCUT2D eigenvalue weighted by molar-refractivity contribution is 7.92. The number of hydrogen-bond donors (Lipinski definition) is 1. The summed E-state index contributed by atoms with van der Waals surface area (Å²) in [7, 11) is -3.28. The molecule has 4 saturated carbocycles. The Balaban J connectivity index is 1.34. The van der Waals surface area contributed by atoms with Crippen LogP contribution >= 0.6 is 0 Å². The average Bonchev–Trinajstić information content (AvgIpc) is 2.65. The van der Waals surface area contributed by atoms with Gasteiger partial charge >= 0.3 is 0 Å². The quantitative estimate of drug-likeness (QED) is 0.813. The summed E-state index contributed by atoms with van der Waals surface area (Å²) in [6.45, 7) is 2.72. The predicted molar refractivity (Wildman–Crippen MR) is 114 cm³/mol. The Kier molecular flexibility index (Phi) is 4.50. The van der Waals surface area contributed by atoms with Crippen molar-refractivity contribution in [2.75, 3.05) is 17.1 Å². The number of amides is 1. The highest BCUT2D eigenvalue weighted by Crippen LogP contribution is 2.61. The van der Waals surface area contributed by atoms with Crippen LogP contribution in [0.4, 0.5) is 5.69 Å². The van der Waals surface area contributed by atoms with Gasteiger partial charge in [0.1, 0.15) is 0 Å². The first-order valence-corrected chi connectivity index (χ1v) is 13.0. The van der Waals surface area contributed by atoms with Gasteiger partial charge in [0.05, 0.1) is 11.9 Å². The lowest BCUT2D eigenvalue weighted by Gasteiger charge is -2.59. The number of benzene rings is 1. The van der Waals surface area contributed by atoms with Gasteiger partial charge in [-0.25, -0.2) is 8.42 Å². The molecule has 1 N–H and O–H groups in total. The number of fused-ring (bicyclic) bond motifs is 1. The summed E-state index contributed by atoms with van der Waals surface area (Å²) >= 11 is 0. The molecule has 0 saturated heterocycles. The number of anilines is 1. The molecule has 6 rings (SSSR count). The van der Waals surface area contributed by atoms with Crippen molar-refractivity contribution in [1.82, 2.24) is 5.32 Å². The molecule has 1 aliphatic heterocycles. The van der Waals surface area contributed by atoms with E-state index in [0.29, 0.717) is 12.1 Å². The smallest absolute Gasteiger partial charge is 0.251 e. The largest absolute Gasteiger partial charge is 0.349 e. The molecule has 1 amide bonds. The second kappa shape index (κ2) is 6.73. The molecule has 1 heterocycles. The van der Waals surface area contributed by atoms with Crippen molar-refractivity contribution in [3.63, 3.8) is 0 Å². The van der Waals surface area contributed by atoms with Gasteiger partial charge in [0.25, 0.3) is 5.91 Å². The predicted octanol–water partition coefficient (Wildman–Crippen LogP) is 3.73. The van der Waals surface area contributed by atoms with Crippen LogP contribution in [0.1, 0.15) is 67.8 Å². The Morgan fingerprint density at radius 1 is 1.14 bits per heavy atom. The standard InChI is InChI=1S/C23H32N2O3S/c1-15(23-12-16-8-17(13-23)10-18(9-16)14-23)24-22(26)20-5-6-21-19(11-20)4-3-7-25(21)29(2,27)28/h5-6,11,15-18H,3-4,7-10,12-14H2,1-2H3,(H,24,26). The van der Waals surface area contributed by atoms with Crippen molar-refractivity contribution in [3.8, 4) is 0 Å². The molecule has 1 unspecified atom stereocenters. The van der Waals surface area contributed by atoms with Crippen molar-refractivity contribution in [3.05, 3.63) is 29.3 Å². The van der Waals surface area contributed by atoms with Gasteiger partial charge in [0, 0.05) is 18.2 Å². The van der Waals surface area contributed by atoms with E-state index in [1.807, 2.05) is 6.07 Å². The third kappa shape index (κ3) is 3.37. The summed E-state index contributed by atoms with van der Waals surface area (Å²) in [5.74, 6) is 2.58. The van der Waals surface area contributed by atoms with Crippen molar-refractivity contribution in [1.29, 1.82) is 0 Å². The van der Waals surface area contributed by atoms with E-state index in [-0.39, 0.29) is 17.4 Å². The van der Waals surface area contributed by atoms with E-state index in [2.05, 4.69) is 12.2 Å². The van der Waals surface area contributed by atoms with Crippen molar-refractivity contribution in [2.45, 2.75) is 64.3 Å². The topological polar surface area (TPSA) is 66.5 Å². The van der Waals surface area contributed by atoms with Crippen LogP contribution in [0.5, 0.6) is 0 Å². The van der Waals surface area contributed by atoms with Crippen LogP contribution in [0.25, 0.3) is 0 Å². The first-order chi connectivity index (χ1) is 13.7. The number of nitrogens with one attached hydrogen (secondary N) is 1. The fourth-order valence-corrected chi connectivity index (χ4v) is 8.19. The lowest BCUT2D eigenvalue weighted by Crippen LogP contribution is -2.55. The third-order valence-corrected chi connectivity index (χ3v) is 9.35. The monoisotopic (exact) mass is 416 g/mol.